The van der Waals surface area contributed by atoms with Crippen LogP contribution in [0, 0.1) is 18.8 Å². The molecule has 2 bridgehead atoms. The van der Waals surface area contributed by atoms with Crippen LogP contribution in [0.5, 0.6) is 0 Å². The van der Waals surface area contributed by atoms with Gasteiger partial charge >= 0.3 is 0 Å². The van der Waals surface area contributed by atoms with E-state index in [2.05, 4.69) is 0 Å². The van der Waals surface area contributed by atoms with Gasteiger partial charge in [0.2, 0.25) is 11.8 Å². The molecular weight excluding hydrogens is 310 g/mol. The van der Waals surface area contributed by atoms with Gasteiger partial charge in [0.25, 0.3) is 0 Å². The van der Waals surface area contributed by atoms with E-state index < -0.39 is 29.8 Å². The molecule has 0 N–H and O–H groups in total. The van der Waals surface area contributed by atoms with Crippen LogP contribution in [-0.4, -0.2) is 43.0 Å². The molecule has 0 radical (unpaired) electrons. The maximum Gasteiger partial charge on any atom is 0.241 e. The molecule has 6 nitrogen and oxygen atoms in total. The average Bonchev–Trinajstić information content (AvgIpc) is 3.33. The number of ether oxygens (including phenoxy) is 3. The Balaban J connectivity index is 1.56. The van der Waals surface area contributed by atoms with Crippen LogP contribution in [0.3, 0.4) is 0 Å². The van der Waals surface area contributed by atoms with Gasteiger partial charge in [-0.05, 0) is 25.1 Å². The number of rotatable bonds is 2. The summed E-state index contributed by atoms with van der Waals surface area (Å²) < 4.78 is 17.3. The quantitative estimate of drug-likeness (QED) is 0.603. The van der Waals surface area contributed by atoms with Crippen molar-refractivity contribution in [2.24, 2.45) is 11.8 Å². The maximum atomic E-state index is 13.1. The number of aryl methyl sites for hydroxylation is 1. The molecular formula is C18H17NO5. The number of anilines is 1. The molecule has 4 atom stereocenters. The second-order valence-corrected chi connectivity index (χ2v) is 6.72. The molecule has 24 heavy (non-hydrogen) atoms. The third-order valence-electron chi connectivity index (χ3n) is 5.36. The highest BCUT2D eigenvalue weighted by molar-refractivity contribution is 6.23. The first-order valence-electron chi connectivity index (χ1n) is 8.17. The SMILES string of the molecule is Cc1ccc(N2C(=O)[C@H]3[C@@H](C2=O)[C@@]2(C4OCCO4)C=C[C@H]3O2)cc1. The Morgan fingerprint density at radius 1 is 1.08 bits per heavy atom. The Morgan fingerprint density at radius 3 is 2.50 bits per heavy atom. The Morgan fingerprint density at radius 2 is 1.79 bits per heavy atom. The predicted molar refractivity (Wildman–Crippen MR) is 83.1 cm³/mol. The smallest absolute Gasteiger partial charge is 0.241 e. The van der Waals surface area contributed by atoms with Gasteiger partial charge in [-0.15, -0.1) is 0 Å². The second-order valence-electron chi connectivity index (χ2n) is 6.72. The number of hydrogen-bond donors (Lipinski definition) is 0. The number of carbonyl (C=O) groups excluding carboxylic acids is 2. The maximum absolute atomic E-state index is 13.1. The molecule has 1 aromatic rings. The Bertz CT molecular complexity index is 751. The summed E-state index contributed by atoms with van der Waals surface area (Å²) >= 11 is 0. The third kappa shape index (κ3) is 1.65. The highest BCUT2D eigenvalue weighted by Gasteiger charge is 2.71. The number of amides is 2. The van der Waals surface area contributed by atoms with Crippen LogP contribution in [0.15, 0.2) is 36.4 Å². The lowest BCUT2D eigenvalue weighted by atomic mass is 9.76. The van der Waals surface area contributed by atoms with Crippen LogP contribution in [0.25, 0.3) is 0 Å². The normalized spacial score (nSPS) is 37.7. The van der Waals surface area contributed by atoms with Gasteiger partial charge in [-0.2, -0.15) is 0 Å². The highest BCUT2D eigenvalue weighted by Crippen LogP contribution is 2.55. The van der Waals surface area contributed by atoms with Crippen LogP contribution in [0.4, 0.5) is 5.69 Å². The standard InChI is InChI=1S/C18H17NO5/c1-10-2-4-11(5-3-10)19-15(20)13-12-6-7-18(24-12,14(13)16(19)21)17-22-8-9-23-17/h2-7,12-14,17H,8-9H2,1H3/t12-,13-,14+,18-/m1/s1. The first kappa shape index (κ1) is 14.3. The fourth-order valence-corrected chi connectivity index (χ4v) is 4.27. The van der Waals surface area contributed by atoms with E-state index in [1.807, 2.05) is 31.2 Å². The van der Waals surface area contributed by atoms with Crippen molar-refractivity contribution in [1.82, 2.24) is 0 Å². The molecule has 1 aromatic carbocycles. The van der Waals surface area contributed by atoms with E-state index in [4.69, 9.17) is 14.2 Å². The fraction of sp³-hybridized carbons (Fsp3) is 0.444. The molecule has 4 heterocycles. The van der Waals surface area contributed by atoms with Gasteiger partial charge in [0, 0.05) is 0 Å². The molecule has 0 spiro atoms. The van der Waals surface area contributed by atoms with Gasteiger partial charge in [0.05, 0.1) is 36.8 Å². The van der Waals surface area contributed by atoms with Crippen molar-refractivity contribution in [3.63, 3.8) is 0 Å². The molecule has 0 unspecified atom stereocenters. The molecule has 0 aromatic heterocycles. The van der Waals surface area contributed by atoms with Gasteiger partial charge in [0.1, 0.15) is 0 Å². The molecule has 4 aliphatic rings. The Labute approximate surface area is 139 Å². The van der Waals surface area contributed by atoms with Crippen molar-refractivity contribution >= 4 is 17.5 Å². The Kier molecular flexibility index (Phi) is 2.84. The molecule has 5 rings (SSSR count). The lowest BCUT2D eigenvalue weighted by Gasteiger charge is -2.32. The summed E-state index contributed by atoms with van der Waals surface area (Å²) in [7, 11) is 0. The van der Waals surface area contributed by atoms with Crippen molar-refractivity contribution in [1.29, 1.82) is 0 Å². The minimum atomic E-state index is -0.988. The van der Waals surface area contributed by atoms with Gasteiger partial charge in [-0.3, -0.25) is 9.59 Å². The number of fused-ring (bicyclic) bond motifs is 5. The number of imide groups is 1. The monoisotopic (exact) mass is 327 g/mol. The molecule has 3 fully saturated rings. The third-order valence-corrected chi connectivity index (χ3v) is 5.36. The fourth-order valence-electron chi connectivity index (χ4n) is 4.27. The number of hydrogen-bond acceptors (Lipinski definition) is 5. The van der Waals surface area contributed by atoms with Crippen LogP contribution >= 0.6 is 0 Å². The molecule has 124 valence electrons. The van der Waals surface area contributed by atoms with Crippen molar-refractivity contribution in [3.8, 4) is 0 Å². The molecule has 6 heteroatoms. The summed E-state index contributed by atoms with van der Waals surface area (Å²) in [6.07, 6.45) is 2.67. The van der Waals surface area contributed by atoms with E-state index in [1.54, 1.807) is 12.1 Å². The van der Waals surface area contributed by atoms with E-state index >= 15 is 0 Å². The van der Waals surface area contributed by atoms with Crippen LogP contribution in [0.1, 0.15) is 5.56 Å². The Hall–Kier alpha value is -2.02. The summed E-state index contributed by atoms with van der Waals surface area (Å²) in [5.41, 5.74) is 0.693. The van der Waals surface area contributed by atoms with Crippen LogP contribution in [-0.2, 0) is 23.8 Å². The summed E-state index contributed by atoms with van der Waals surface area (Å²) in [5, 5.41) is 0. The van der Waals surface area contributed by atoms with Crippen molar-refractivity contribution in [2.75, 3.05) is 18.1 Å². The van der Waals surface area contributed by atoms with Crippen LogP contribution in [0.2, 0.25) is 0 Å². The van der Waals surface area contributed by atoms with E-state index in [0.717, 1.165) is 5.56 Å². The summed E-state index contributed by atoms with van der Waals surface area (Å²) in [6, 6.07) is 7.40. The van der Waals surface area contributed by atoms with Gasteiger partial charge in [-0.25, -0.2) is 4.90 Å². The first-order valence-corrected chi connectivity index (χ1v) is 8.17. The summed E-state index contributed by atoms with van der Waals surface area (Å²) in [4.78, 5) is 27.3. The number of benzene rings is 1. The number of carbonyl (C=O) groups is 2. The summed E-state index contributed by atoms with van der Waals surface area (Å²) in [6.45, 7) is 2.90. The average molecular weight is 327 g/mol. The minimum Gasteiger partial charge on any atom is -0.357 e. The largest absolute Gasteiger partial charge is 0.357 e. The predicted octanol–water partition coefficient (Wildman–Crippen LogP) is 1.18. The minimum absolute atomic E-state index is 0.205. The second kappa shape index (κ2) is 4.75. The van der Waals surface area contributed by atoms with E-state index in [-0.39, 0.29) is 11.8 Å². The molecule has 0 aliphatic carbocycles. The lowest BCUT2D eigenvalue weighted by molar-refractivity contribution is -0.180. The zero-order valence-corrected chi connectivity index (χ0v) is 13.2. The zero-order valence-electron chi connectivity index (χ0n) is 13.2. The van der Waals surface area contributed by atoms with E-state index in [1.165, 1.54) is 4.90 Å². The van der Waals surface area contributed by atoms with Crippen molar-refractivity contribution in [3.05, 3.63) is 42.0 Å². The lowest BCUT2D eigenvalue weighted by Crippen LogP contribution is -2.49. The molecule has 4 aliphatic heterocycles. The first-order chi connectivity index (χ1) is 11.6. The molecule has 0 saturated carbocycles. The van der Waals surface area contributed by atoms with Gasteiger partial charge in [0.15, 0.2) is 11.9 Å². The highest BCUT2D eigenvalue weighted by atomic mass is 16.7. The van der Waals surface area contributed by atoms with Gasteiger partial charge in [-0.1, -0.05) is 23.8 Å². The topological polar surface area (TPSA) is 65.1 Å². The van der Waals surface area contributed by atoms with E-state index in [0.29, 0.717) is 18.9 Å². The van der Waals surface area contributed by atoms with E-state index in [9.17, 15) is 9.59 Å². The summed E-state index contributed by atoms with van der Waals surface area (Å²) in [5.74, 6) is -1.54. The zero-order chi connectivity index (χ0) is 16.5. The van der Waals surface area contributed by atoms with Gasteiger partial charge < -0.3 is 14.2 Å². The molecule has 2 amide bonds. The van der Waals surface area contributed by atoms with Crippen molar-refractivity contribution in [2.45, 2.75) is 24.9 Å². The van der Waals surface area contributed by atoms with Crippen molar-refractivity contribution < 1.29 is 23.8 Å². The van der Waals surface area contributed by atoms with Crippen LogP contribution < -0.4 is 4.90 Å². The number of nitrogens with zero attached hydrogens (tertiary/aromatic N) is 1. The molecule has 3 saturated heterocycles.